The van der Waals surface area contributed by atoms with Crippen molar-refractivity contribution in [3.05, 3.63) is 35.5 Å². The smallest absolute Gasteiger partial charge is 0.217 e. The molecule has 2 atom stereocenters. The molecule has 1 fully saturated rings. The average molecular weight is 403 g/mol. The summed E-state index contributed by atoms with van der Waals surface area (Å²) in [5.74, 6) is -0.139. The van der Waals surface area contributed by atoms with Crippen molar-refractivity contribution in [3.8, 4) is 11.4 Å². The number of fused-ring (bicyclic) bond motifs is 1. The lowest BCUT2D eigenvalue weighted by atomic mass is 9.90. The lowest BCUT2D eigenvalue weighted by Crippen LogP contribution is -2.48. The Kier molecular flexibility index (Phi) is 5.13. The van der Waals surface area contributed by atoms with E-state index in [1.807, 2.05) is 0 Å². The maximum atomic E-state index is 14.4. The Bertz CT molecular complexity index is 1020. The van der Waals surface area contributed by atoms with Crippen LogP contribution >= 0.6 is 11.6 Å². The summed E-state index contributed by atoms with van der Waals surface area (Å²) in [6.07, 6.45) is 8.15. The van der Waals surface area contributed by atoms with Crippen molar-refractivity contribution in [1.29, 1.82) is 0 Å². The van der Waals surface area contributed by atoms with Gasteiger partial charge in [0.25, 0.3) is 0 Å². The van der Waals surface area contributed by atoms with E-state index in [2.05, 4.69) is 30.6 Å². The summed E-state index contributed by atoms with van der Waals surface area (Å²) in [6, 6.07) is 1.62. The second kappa shape index (κ2) is 7.71. The van der Waals surface area contributed by atoms with Gasteiger partial charge in [-0.2, -0.15) is 0 Å². The number of H-pyrrole nitrogens is 1. The quantitative estimate of drug-likeness (QED) is 0.618. The van der Waals surface area contributed by atoms with Gasteiger partial charge in [-0.25, -0.2) is 19.3 Å². The van der Waals surface area contributed by atoms with Crippen LogP contribution in [0.4, 0.5) is 10.2 Å². The summed E-state index contributed by atoms with van der Waals surface area (Å²) >= 11 is 6.05. The van der Waals surface area contributed by atoms with Crippen LogP contribution in [-0.2, 0) is 4.79 Å². The van der Waals surface area contributed by atoms with Crippen molar-refractivity contribution in [2.75, 3.05) is 5.32 Å². The third kappa shape index (κ3) is 3.77. The molecule has 7 nitrogen and oxygen atoms in total. The lowest BCUT2D eigenvalue weighted by molar-refractivity contribution is -0.119. The Morgan fingerprint density at radius 1 is 1.25 bits per heavy atom. The molecule has 0 spiro atoms. The number of pyridine rings is 1. The zero-order valence-electron chi connectivity index (χ0n) is 15.3. The normalized spacial score (nSPS) is 19.5. The standard InChI is InChI=1S/C19H20ClFN6O/c1-10(28)25-15-4-2-3-5-16(15)26-19-14(21)9-24-18(27-19)13-8-23-17-12(13)6-11(20)7-22-17/h6-9,15-16H,2-5H2,1H3,(H,22,23)(H,25,28)(H,24,26,27). The summed E-state index contributed by atoms with van der Waals surface area (Å²) in [7, 11) is 0. The molecule has 28 heavy (non-hydrogen) atoms. The first-order valence-electron chi connectivity index (χ1n) is 9.20. The van der Waals surface area contributed by atoms with E-state index in [0.29, 0.717) is 22.1 Å². The Hall–Kier alpha value is -2.74. The minimum atomic E-state index is -0.535. The van der Waals surface area contributed by atoms with E-state index in [1.54, 1.807) is 18.5 Å². The van der Waals surface area contributed by atoms with Gasteiger partial charge in [-0.3, -0.25) is 4.79 Å². The minimum Gasteiger partial charge on any atom is -0.363 e. The van der Waals surface area contributed by atoms with Crippen LogP contribution in [0.1, 0.15) is 32.6 Å². The van der Waals surface area contributed by atoms with Crippen LogP contribution in [0.25, 0.3) is 22.4 Å². The number of rotatable bonds is 4. The van der Waals surface area contributed by atoms with E-state index in [4.69, 9.17) is 11.6 Å². The Labute approximate surface area is 166 Å². The SMILES string of the molecule is CC(=O)NC1CCCCC1Nc1nc(-c2c[nH]c3ncc(Cl)cc23)ncc1F. The summed E-state index contributed by atoms with van der Waals surface area (Å²) in [5.41, 5.74) is 1.34. The van der Waals surface area contributed by atoms with Crippen LogP contribution in [0.2, 0.25) is 5.02 Å². The maximum Gasteiger partial charge on any atom is 0.217 e. The van der Waals surface area contributed by atoms with Gasteiger partial charge in [0.15, 0.2) is 17.5 Å². The minimum absolute atomic E-state index is 0.0554. The number of hydrogen-bond acceptors (Lipinski definition) is 5. The molecule has 0 aromatic carbocycles. The molecule has 1 aliphatic carbocycles. The van der Waals surface area contributed by atoms with E-state index in [9.17, 15) is 9.18 Å². The first kappa shape index (κ1) is 18.6. The number of nitrogens with zero attached hydrogens (tertiary/aromatic N) is 3. The summed E-state index contributed by atoms with van der Waals surface area (Å²) in [6.45, 7) is 1.49. The van der Waals surface area contributed by atoms with E-state index in [0.717, 1.165) is 37.3 Å². The number of carbonyl (C=O) groups is 1. The summed E-state index contributed by atoms with van der Waals surface area (Å²) in [5, 5.41) is 7.38. The van der Waals surface area contributed by atoms with Gasteiger partial charge in [-0.05, 0) is 18.9 Å². The fraction of sp³-hybridized carbons (Fsp3) is 0.368. The van der Waals surface area contributed by atoms with E-state index < -0.39 is 5.82 Å². The number of anilines is 1. The molecule has 1 saturated carbocycles. The Morgan fingerprint density at radius 2 is 2.04 bits per heavy atom. The highest BCUT2D eigenvalue weighted by molar-refractivity contribution is 6.31. The molecule has 4 rings (SSSR count). The molecule has 3 aromatic heterocycles. The number of aromatic amines is 1. The van der Waals surface area contributed by atoms with Crippen LogP contribution in [0.3, 0.4) is 0 Å². The monoisotopic (exact) mass is 402 g/mol. The molecule has 1 aliphatic rings. The predicted octanol–water partition coefficient (Wildman–Crippen LogP) is 3.67. The average Bonchev–Trinajstić information content (AvgIpc) is 3.07. The lowest BCUT2D eigenvalue weighted by Gasteiger charge is -2.33. The molecule has 0 bridgehead atoms. The van der Waals surface area contributed by atoms with Crippen LogP contribution in [-0.4, -0.2) is 37.9 Å². The number of carbonyl (C=O) groups excluding carboxylic acids is 1. The van der Waals surface area contributed by atoms with Gasteiger partial charge >= 0.3 is 0 Å². The fourth-order valence-corrected chi connectivity index (χ4v) is 3.83. The predicted molar refractivity (Wildman–Crippen MR) is 106 cm³/mol. The van der Waals surface area contributed by atoms with Crippen LogP contribution < -0.4 is 10.6 Å². The van der Waals surface area contributed by atoms with Gasteiger partial charge in [0.05, 0.1) is 11.2 Å². The molecule has 2 unspecified atom stereocenters. The molecule has 9 heteroatoms. The zero-order chi connectivity index (χ0) is 19.7. The van der Waals surface area contributed by atoms with Crippen LogP contribution in [0.15, 0.2) is 24.7 Å². The summed E-state index contributed by atoms with van der Waals surface area (Å²) < 4.78 is 14.4. The number of hydrogen-bond donors (Lipinski definition) is 3. The first-order valence-corrected chi connectivity index (χ1v) is 9.58. The number of amides is 1. The van der Waals surface area contributed by atoms with Crippen LogP contribution in [0, 0.1) is 5.82 Å². The van der Waals surface area contributed by atoms with Gasteiger partial charge in [0.2, 0.25) is 5.91 Å². The molecular weight excluding hydrogens is 383 g/mol. The molecule has 3 heterocycles. The number of halogens is 2. The maximum absolute atomic E-state index is 14.4. The van der Waals surface area contributed by atoms with Gasteiger partial charge in [0.1, 0.15) is 5.65 Å². The van der Waals surface area contributed by atoms with Crippen molar-refractivity contribution in [2.24, 2.45) is 0 Å². The van der Waals surface area contributed by atoms with Gasteiger partial charge in [0, 0.05) is 42.4 Å². The molecule has 3 aromatic rings. The highest BCUT2D eigenvalue weighted by atomic mass is 35.5. The van der Waals surface area contributed by atoms with Crippen molar-refractivity contribution < 1.29 is 9.18 Å². The summed E-state index contributed by atoms with van der Waals surface area (Å²) in [4.78, 5) is 27.3. The topological polar surface area (TPSA) is 95.6 Å². The molecule has 146 valence electrons. The molecule has 1 amide bonds. The Morgan fingerprint density at radius 3 is 2.82 bits per heavy atom. The van der Waals surface area contributed by atoms with E-state index >= 15 is 0 Å². The van der Waals surface area contributed by atoms with Crippen molar-refractivity contribution >= 4 is 34.4 Å². The number of nitrogens with one attached hydrogen (secondary N) is 3. The second-order valence-corrected chi connectivity index (χ2v) is 7.42. The van der Waals surface area contributed by atoms with Gasteiger partial charge < -0.3 is 15.6 Å². The van der Waals surface area contributed by atoms with Crippen LogP contribution in [0.5, 0.6) is 0 Å². The van der Waals surface area contributed by atoms with Crippen molar-refractivity contribution in [2.45, 2.75) is 44.7 Å². The van der Waals surface area contributed by atoms with Crippen molar-refractivity contribution in [3.63, 3.8) is 0 Å². The highest BCUT2D eigenvalue weighted by Crippen LogP contribution is 2.29. The zero-order valence-corrected chi connectivity index (χ0v) is 16.1. The molecule has 3 N–H and O–H groups in total. The molecule has 0 aliphatic heterocycles. The Balaban J connectivity index is 1.65. The molecule has 0 saturated heterocycles. The highest BCUT2D eigenvalue weighted by Gasteiger charge is 2.27. The van der Waals surface area contributed by atoms with Gasteiger partial charge in [-0.1, -0.05) is 24.4 Å². The van der Waals surface area contributed by atoms with E-state index in [-0.39, 0.29) is 23.8 Å². The molecular formula is C19H20ClFN6O. The molecule has 0 radical (unpaired) electrons. The number of aromatic nitrogens is 4. The fourth-order valence-electron chi connectivity index (χ4n) is 3.67. The largest absolute Gasteiger partial charge is 0.363 e. The first-order chi connectivity index (χ1) is 13.5. The third-order valence-electron chi connectivity index (χ3n) is 4.96. The second-order valence-electron chi connectivity index (χ2n) is 6.98. The van der Waals surface area contributed by atoms with E-state index in [1.165, 1.54) is 6.92 Å². The van der Waals surface area contributed by atoms with Gasteiger partial charge in [-0.15, -0.1) is 0 Å². The van der Waals surface area contributed by atoms with Crippen molar-refractivity contribution in [1.82, 2.24) is 25.3 Å². The third-order valence-corrected chi connectivity index (χ3v) is 5.17.